The summed E-state index contributed by atoms with van der Waals surface area (Å²) in [6.45, 7) is 0. The summed E-state index contributed by atoms with van der Waals surface area (Å²) in [5.74, 6) is 0.435. The third kappa shape index (κ3) is 2.10. The lowest BCUT2D eigenvalue weighted by molar-refractivity contribution is 0.628. The first-order valence-electron chi connectivity index (χ1n) is 5.71. The summed E-state index contributed by atoms with van der Waals surface area (Å²) in [5.41, 5.74) is 1.14. The number of aromatic amines is 1. The van der Waals surface area contributed by atoms with Crippen LogP contribution in [0, 0.1) is 5.82 Å². The fourth-order valence-electron chi connectivity index (χ4n) is 1.88. The normalized spacial score (nSPS) is 14.8. The van der Waals surface area contributed by atoms with E-state index >= 15 is 0 Å². The van der Waals surface area contributed by atoms with E-state index in [2.05, 4.69) is 25.9 Å². The fraction of sp³-hybridized carbons (Fsp3) is 0.231. The minimum absolute atomic E-state index is 0.217. The maximum Gasteiger partial charge on any atom is 0.265 e. The van der Waals surface area contributed by atoms with Gasteiger partial charge in [-0.3, -0.25) is 4.79 Å². The van der Waals surface area contributed by atoms with Crippen LogP contribution in [0.25, 0.3) is 11.4 Å². The van der Waals surface area contributed by atoms with Crippen molar-refractivity contribution in [2.75, 3.05) is 0 Å². The van der Waals surface area contributed by atoms with Gasteiger partial charge in [0.1, 0.15) is 16.1 Å². The molecule has 0 bridgehead atoms. The molecule has 1 aliphatic rings. The lowest BCUT2D eigenvalue weighted by Crippen LogP contribution is -2.13. The van der Waals surface area contributed by atoms with Crippen LogP contribution >= 0.6 is 15.9 Å². The molecule has 5 heteroatoms. The highest BCUT2D eigenvalue weighted by atomic mass is 79.9. The van der Waals surface area contributed by atoms with Crippen molar-refractivity contribution >= 4 is 15.9 Å². The molecule has 1 N–H and O–H groups in total. The second-order valence-corrected chi connectivity index (χ2v) is 5.19. The second kappa shape index (κ2) is 4.31. The number of hydrogen-bond donors (Lipinski definition) is 1. The molecule has 3 rings (SSSR count). The first kappa shape index (κ1) is 11.6. The summed E-state index contributed by atoms with van der Waals surface area (Å²) in [4.78, 5) is 18.9. The molecule has 92 valence electrons. The van der Waals surface area contributed by atoms with Crippen LogP contribution in [0.2, 0.25) is 0 Å². The second-order valence-electron chi connectivity index (χ2n) is 4.40. The third-order valence-corrected chi connectivity index (χ3v) is 3.72. The van der Waals surface area contributed by atoms with E-state index in [0.717, 1.165) is 18.5 Å². The smallest absolute Gasteiger partial charge is 0.265 e. The van der Waals surface area contributed by atoms with Gasteiger partial charge in [0, 0.05) is 11.5 Å². The summed E-state index contributed by atoms with van der Waals surface area (Å²) in [6, 6.07) is 6.06. The summed E-state index contributed by atoms with van der Waals surface area (Å²) >= 11 is 3.26. The van der Waals surface area contributed by atoms with Gasteiger partial charge in [-0.1, -0.05) is 12.1 Å². The highest BCUT2D eigenvalue weighted by Crippen LogP contribution is 2.41. The zero-order valence-corrected chi connectivity index (χ0v) is 11.0. The lowest BCUT2D eigenvalue weighted by atomic mass is 10.2. The highest BCUT2D eigenvalue weighted by Gasteiger charge is 2.29. The van der Waals surface area contributed by atoms with Gasteiger partial charge in [0.15, 0.2) is 0 Å². The average Bonchev–Trinajstić information content (AvgIpc) is 3.16. The van der Waals surface area contributed by atoms with Crippen molar-refractivity contribution in [1.82, 2.24) is 9.97 Å². The molecule has 1 aromatic heterocycles. The van der Waals surface area contributed by atoms with Gasteiger partial charge in [-0.25, -0.2) is 9.37 Å². The minimum atomic E-state index is -0.342. The zero-order chi connectivity index (χ0) is 12.7. The minimum Gasteiger partial charge on any atom is -0.306 e. The van der Waals surface area contributed by atoms with Gasteiger partial charge in [-0.05, 0) is 40.9 Å². The topological polar surface area (TPSA) is 45.8 Å². The van der Waals surface area contributed by atoms with Crippen LogP contribution in [0.5, 0.6) is 0 Å². The number of rotatable bonds is 2. The number of halogens is 2. The molecule has 0 spiro atoms. The molecule has 0 aliphatic heterocycles. The summed E-state index contributed by atoms with van der Waals surface area (Å²) < 4.78 is 13.7. The van der Waals surface area contributed by atoms with Gasteiger partial charge in [-0.2, -0.15) is 0 Å². The molecule has 3 nitrogen and oxygen atoms in total. The molecular formula is C13H10BrFN2O. The molecule has 0 amide bonds. The van der Waals surface area contributed by atoms with E-state index in [1.807, 2.05) is 0 Å². The lowest BCUT2D eigenvalue weighted by Gasteiger charge is -2.05. The Kier molecular flexibility index (Phi) is 2.78. The Morgan fingerprint density at radius 2 is 2.17 bits per heavy atom. The van der Waals surface area contributed by atoms with E-state index in [4.69, 9.17) is 0 Å². The molecule has 0 unspecified atom stereocenters. The van der Waals surface area contributed by atoms with Gasteiger partial charge in [0.2, 0.25) is 0 Å². The SMILES string of the molecule is O=c1[nH]c(-c2cccc(F)c2)nc(C2CC2)c1Br. The fourth-order valence-corrected chi connectivity index (χ4v) is 2.39. The molecule has 1 fully saturated rings. The first-order chi connectivity index (χ1) is 8.65. The number of benzene rings is 1. The Bertz CT molecular complexity index is 664. The van der Waals surface area contributed by atoms with Gasteiger partial charge in [-0.15, -0.1) is 0 Å². The third-order valence-electron chi connectivity index (χ3n) is 2.95. The van der Waals surface area contributed by atoms with E-state index < -0.39 is 0 Å². The van der Waals surface area contributed by atoms with Crippen molar-refractivity contribution < 1.29 is 4.39 Å². The van der Waals surface area contributed by atoms with Gasteiger partial charge >= 0.3 is 0 Å². The Hall–Kier alpha value is -1.49. The monoisotopic (exact) mass is 308 g/mol. The average molecular weight is 309 g/mol. The predicted octanol–water partition coefficient (Wildman–Crippen LogP) is 3.22. The van der Waals surface area contributed by atoms with Crippen molar-refractivity contribution in [2.24, 2.45) is 0 Å². The van der Waals surface area contributed by atoms with Crippen molar-refractivity contribution in [3.8, 4) is 11.4 Å². The van der Waals surface area contributed by atoms with E-state index in [1.165, 1.54) is 12.1 Å². The number of H-pyrrole nitrogens is 1. The van der Waals surface area contributed by atoms with Crippen LogP contribution in [-0.2, 0) is 0 Å². The molecule has 18 heavy (non-hydrogen) atoms. The number of nitrogens with zero attached hydrogens (tertiary/aromatic N) is 1. The summed E-state index contributed by atoms with van der Waals surface area (Å²) in [7, 11) is 0. The maximum absolute atomic E-state index is 13.2. The van der Waals surface area contributed by atoms with Crippen LogP contribution in [0.4, 0.5) is 4.39 Å². The van der Waals surface area contributed by atoms with Crippen molar-refractivity contribution in [2.45, 2.75) is 18.8 Å². The maximum atomic E-state index is 13.2. The van der Waals surface area contributed by atoms with Crippen LogP contribution in [0.1, 0.15) is 24.5 Å². The Balaban J connectivity index is 2.15. The molecule has 1 aliphatic carbocycles. The molecule has 1 heterocycles. The van der Waals surface area contributed by atoms with Crippen LogP contribution in [-0.4, -0.2) is 9.97 Å². The van der Waals surface area contributed by atoms with E-state index in [9.17, 15) is 9.18 Å². The van der Waals surface area contributed by atoms with Crippen molar-refractivity contribution in [1.29, 1.82) is 0 Å². The quantitative estimate of drug-likeness (QED) is 0.926. The summed E-state index contributed by atoms with van der Waals surface area (Å²) in [5, 5.41) is 0. The van der Waals surface area contributed by atoms with Crippen molar-refractivity contribution in [3.05, 3.63) is 50.6 Å². The van der Waals surface area contributed by atoms with Gasteiger partial charge < -0.3 is 4.98 Å². The molecule has 0 radical (unpaired) electrons. The Morgan fingerprint density at radius 3 is 2.83 bits per heavy atom. The molecule has 2 aromatic rings. The molecule has 0 atom stereocenters. The number of hydrogen-bond acceptors (Lipinski definition) is 2. The van der Waals surface area contributed by atoms with E-state index in [1.54, 1.807) is 12.1 Å². The molecule has 0 saturated heterocycles. The summed E-state index contributed by atoms with van der Waals surface area (Å²) in [6.07, 6.45) is 2.11. The molecular weight excluding hydrogens is 299 g/mol. The standard InChI is InChI=1S/C13H10BrFN2O/c14-10-11(7-4-5-7)16-12(17-13(10)18)8-2-1-3-9(15)6-8/h1-3,6-7H,4-5H2,(H,16,17,18). The number of nitrogens with one attached hydrogen (secondary N) is 1. The zero-order valence-electron chi connectivity index (χ0n) is 9.41. The molecule has 1 saturated carbocycles. The largest absolute Gasteiger partial charge is 0.306 e. The van der Waals surface area contributed by atoms with Gasteiger partial charge in [0.05, 0.1) is 5.69 Å². The number of aromatic nitrogens is 2. The molecule has 1 aromatic carbocycles. The van der Waals surface area contributed by atoms with E-state index in [0.29, 0.717) is 21.8 Å². The van der Waals surface area contributed by atoms with Crippen molar-refractivity contribution in [3.63, 3.8) is 0 Å². The Labute approximate surface area is 111 Å². The Morgan fingerprint density at radius 1 is 1.39 bits per heavy atom. The highest BCUT2D eigenvalue weighted by molar-refractivity contribution is 9.10. The van der Waals surface area contributed by atoms with Crippen LogP contribution in [0.3, 0.4) is 0 Å². The van der Waals surface area contributed by atoms with Gasteiger partial charge in [0.25, 0.3) is 5.56 Å². The first-order valence-corrected chi connectivity index (χ1v) is 6.50. The van der Waals surface area contributed by atoms with Crippen LogP contribution < -0.4 is 5.56 Å². The van der Waals surface area contributed by atoms with Crippen LogP contribution in [0.15, 0.2) is 33.5 Å². The van der Waals surface area contributed by atoms with E-state index in [-0.39, 0.29) is 11.4 Å². The predicted molar refractivity (Wildman–Crippen MR) is 69.9 cm³/mol.